The predicted molar refractivity (Wildman–Crippen MR) is 75.0 cm³/mol. The second-order valence-electron chi connectivity index (χ2n) is 4.73. The fourth-order valence-corrected chi connectivity index (χ4v) is 2.10. The lowest BCUT2D eigenvalue weighted by Crippen LogP contribution is -2.37. The van der Waals surface area contributed by atoms with Crippen molar-refractivity contribution >= 4 is 0 Å². The molecule has 0 heterocycles. The first-order valence-corrected chi connectivity index (χ1v) is 6.79. The van der Waals surface area contributed by atoms with Gasteiger partial charge in [0, 0.05) is 18.6 Å². The van der Waals surface area contributed by atoms with Crippen LogP contribution in [0, 0.1) is 0 Å². The zero-order valence-corrected chi connectivity index (χ0v) is 11.2. The van der Waals surface area contributed by atoms with Crippen molar-refractivity contribution in [1.29, 1.82) is 0 Å². The third-order valence-electron chi connectivity index (χ3n) is 3.23. The minimum Gasteiger partial charge on any atom is -0.329 e. The van der Waals surface area contributed by atoms with Crippen molar-refractivity contribution in [3.05, 3.63) is 35.9 Å². The summed E-state index contributed by atoms with van der Waals surface area (Å²) >= 11 is 0. The molecule has 17 heavy (non-hydrogen) atoms. The maximum atomic E-state index is 5.82. The van der Waals surface area contributed by atoms with Crippen molar-refractivity contribution in [1.82, 2.24) is 5.32 Å². The maximum absolute atomic E-state index is 5.82. The van der Waals surface area contributed by atoms with E-state index in [1.54, 1.807) is 0 Å². The summed E-state index contributed by atoms with van der Waals surface area (Å²) in [4.78, 5) is 0. The van der Waals surface area contributed by atoms with Crippen LogP contribution in [0.3, 0.4) is 0 Å². The summed E-state index contributed by atoms with van der Waals surface area (Å²) in [6, 6.07) is 11.4. The van der Waals surface area contributed by atoms with Gasteiger partial charge in [-0.1, -0.05) is 56.5 Å². The van der Waals surface area contributed by atoms with Gasteiger partial charge in [-0.3, -0.25) is 0 Å². The Morgan fingerprint density at radius 2 is 1.88 bits per heavy atom. The molecule has 96 valence electrons. The van der Waals surface area contributed by atoms with Crippen LogP contribution in [0.25, 0.3) is 0 Å². The van der Waals surface area contributed by atoms with Crippen molar-refractivity contribution in [3.63, 3.8) is 0 Å². The minimum atomic E-state index is 0.381. The fraction of sp³-hybridized carbons (Fsp3) is 0.600. The standard InChI is InChI=1S/C15H26N2/c1-3-4-6-11-15(12-16)17-13(2)14-9-7-5-8-10-14/h5,7-10,13,15,17H,3-4,6,11-12,16H2,1-2H3. The molecule has 0 aromatic heterocycles. The first-order chi connectivity index (χ1) is 8.27. The summed E-state index contributed by atoms with van der Waals surface area (Å²) in [5.74, 6) is 0. The number of nitrogens with two attached hydrogens (primary N) is 1. The molecule has 0 saturated heterocycles. The predicted octanol–water partition coefficient (Wildman–Crippen LogP) is 3.24. The van der Waals surface area contributed by atoms with Gasteiger partial charge in [0.1, 0.15) is 0 Å². The molecule has 0 aliphatic carbocycles. The Hall–Kier alpha value is -0.860. The van der Waals surface area contributed by atoms with Crippen molar-refractivity contribution in [2.75, 3.05) is 6.54 Å². The van der Waals surface area contributed by atoms with Crippen LogP contribution in [0.4, 0.5) is 0 Å². The molecule has 0 aliphatic rings. The molecule has 0 fully saturated rings. The first kappa shape index (κ1) is 14.2. The van der Waals surface area contributed by atoms with Gasteiger partial charge in [0.05, 0.1) is 0 Å². The monoisotopic (exact) mass is 234 g/mol. The number of benzene rings is 1. The second-order valence-corrected chi connectivity index (χ2v) is 4.73. The van der Waals surface area contributed by atoms with Crippen molar-refractivity contribution in [2.45, 2.75) is 51.6 Å². The maximum Gasteiger partial charge on any atom is 0.0294 e. The lowest BCUT2D eigenvalue weighted by molar-refractivity contribution is 0.422. The van der Waals surface area contributed by atoms with Gasteiger partial charge in [0.15, 0.2) is 0 Å². The SMILES string of the molecule is CCCCCC(CN)NC(C)c1ccccc1. The average molecular weight is 234 g/mol. The third-order valence-corrected chi connectivity index (χ3v) is 3.23. The van der Waals surface area contributed by atoms with Gasteiger partial charge in [-0.2, -0.15) is 0 Å². The number of hydrogen-bond acceptors (Lipinski definition) is 2. The Bertz CT molecular complexity index is 284. The van der Waals surface area contributed by atoms with Crippen LogP contribution in [-0.4, -0.2) is 12.6 Å². The Kier molecular flexibility index (Phi) is 6.90. The topological polar surface area (TPSA) is 38.0 Å². The van der Waals surface area contributed by atoms with Crippen molar-refractivity contribution in [2.24, 2.45) is 5.73 Å². The van der Waals surface area contributed by atoms with Gasteiger partial charge in [0.2, 0.25) is 0 Å². The van der Waals surface area contributed by atoms with Gasteiger partial charge in [0.25, 0.3) is 0 Å². The molecule has 2 heteroatoms. The minimum absolute atomic E-state index is 0.381. The van der Waals surface area contributed by atoms with Crippen LogP contribution >= 0.6 is 0 Å². The Labute approximate surface area is 106 Å². The van der Waals surface area contributed by atoms with E-state index in [1.807, 2.05) is 0 Å². The van der Waals surface area contributed by atoms with E-state index in [2.05, 4.69) is 49.5 Å². The van der Waals surface area contributed by atoms with E-state index in [1.165, 1.54) is 31.2 Å². The highest BCUT2D eigenvalue weighted by atomic mass is 15.0. The van der Waals surface area contributed by atoms with Gasteiger partial charge in [-0.05, 0) is 18.9 Å². The largest absolute Gasteiger partial charge is 0.329 e. The molecule has 2 atom stereocenters. The summed E-state index contributed by atoms with van der Waals surface area (Å²) in [5, 5.41) is 3.62. The highest BCUT2D eigenvalue weighted by Crippen LogP contribution is 2.13. The van der Waals surface area contributed by atoms with Gasteiger partial charge in [-0.15, -0.1) is 0 Å². The van der Waals surface area contributed by atoms with Crippen LogP contribution in [0.5, 0.6) is 0 Å². The molecule has 1 aromatic rings. The number of unbranched alkanes of at least 4 members (excludes halogenated alkanes) is 2. The van der Waals surface area contributed by atoms with Gasteiger partial charge in [-0.25, -0.2) is 0 Å². The molecule has 0 saturated carbocycles. The van der Waals surface area contributed by atoms with Crippen LogP contribution < -0.4 is 11.1 Å². The molecule has 3 N–H and O–H groups in total. The molecule has 2 unspecified atom stereocenters. The van der Waals surface area contributed by atoms with Crippen LogP contribution in [0.2, 0.25) is 0 Å². The molecule has 0 radical (unpaired) electrons. The smallest absolute Gasteiger partial charge is 0.0294 e. The summed E-state index contributed by atoms with van der Waals surface area (Å²) in [6.45, 7) is 5.16. The van der Waals surface area contributed by atoms with E-state index in [0.717, 1.165) is 6.54 Å². The van der Waals surface area contributed by atoms with Crippen molar-refractivity contribution < 1.29 is 0 Å². The second kappa shape index (κ2) is 8.26. The zero-order chi connectivity index (χ0) is 12.5. The molecule has 1 rings (SSSR count). The molecule has 2 nitrogen and oxygen atoms in total. The van der Waals surface area contributed by atoms with E-state index in [-0.39, 0.29) is 0 Å². The molecule has 0 spiro atoms. The highest BCUT2D eigenvalue weighted by Gasteiger charge is 2.11. The fourth-order valence-electron chi connectivity index (χ4n) is 2.10. The third kappa shape index (κ3) is 5.33. The van der Waals surface area contributed by atoms with E-state index in [9.17, 15) is 0 Å². The normalized spacial score (nSPS) is 14.5. The molecule has 0 bridgehead atoms. The van der Waals surface area contributed by atoms with E-state index in [0.29, 0.717) is 12.1 Å². The van der Waals surface area contributed by atoms with E-state index < -0.39 is 0 Å². The first-order valence-electron chi connectivity index (χ1n) is 6.79. The van der Waals surface area contributed by atoms with E-state index in [4.69, 9.17) is 5.73 Å². The lowest BCUT2D eigenvalue weighted by atomic mass is 10.0. The van der Waals surface area contributed by atoms with Crippen LogP contribution in [0.15, 0.2) is 30.3 Å². The number of nitrogens with one attached hydrogen (secondary N) is 1. The summed E-state index contributed by atoms with van der Waals surface area (Å²) in [7, 11) is 0. The molecule has 0 aliphatic heterocycles. The summed E-state index contributed by atoms with van der Waals surface area (Å²) in [6.07, 6.45) is 5.03. The van der Waals surface area contributed by atoms with Crippen molar-refractivity contribution in [3.8, 4) is 0 Å². The molecule has 0 amide bonds. The molecular formula is C15H26N2. The summed E-state index contributed by atoms with van der Waals surface area (Å²) < 4.78 is 0. The number of rotatable bonds is 8. The zero-order valence-electron chi connectivity index (χ0n) is 11.2. The van der Waals surface area contributed by atoms with Crippen LogP contribution in [0.1, 0.15) is 51.1 Å². The number of hydrogen-bond donors (Lipinski definition) is 2. The Morgan fingerprint density at radius 1 is 1.18 bits per heavy atom. The molecule has 1 aromatic carbocycles. The Balaban J connectivity index is 2.39. The molecular weight excluding hydrogens is 208 g/mol. The lowest BCUT2D eigenvalue weighted by Gasteiger charge is -2.22. The quantitative estimate of drug-likeness (QED) is 0.678. The average Bonchev–Trinajstić information content (AvgIpc) is 2.38. The van der Waals surface area contributed by atoms with E-state index >= 15 is 0 Å². The Morgan fingerprint density at radius 3 is 2.47 bits per heavy atom. The highest BCUT2D eigenvalue weighted by molar-refractivity contribution is 5.18. The summed E-state index contributed by atoms with van der Waals surface area (Å²) in [5.41, 5.74) is 7.15. The van der Waals surface area contributed by atoms with Crippen LogP contribution in [-0.2, 0) is 0 Å². The van der Waals surface area contributed by atoms with Gasteiger partial charge >= 0.3 is 0 Å². The van der Waals surface area contributed by atoms with Gasteiger partial charge < -0.3 is 11.1 Å².